The third-order valence-corrected chi connectivity index (χ3v) is 3.51. The van der Waals surface area contributed by atoms with Gasteiger partial charge in [-0.15, -0.1) is 0 Å². The number of aliphatic hydroxyl groups is 1. The molecule has 0 spiro atoms. The minimum atomic E-state index is -0.558. The van der Waals surface area contributed by atoms with Crippen LogP contribution in [0.15, 0.2) is 22.7 Å². The summed E-state index contributed by atoms with van der Waals surface area (Å²) in [6, 6.07) is 5.60. The second-order valence-electron chi connectivity index (χ2n) is 4.82. The highest BCUT2D eigenvalue weighted by Crippen LogP contribution is 2.28. The number of hydrogen-bond donors (Lipinski definition) is 1. The van der Waals surface area contributed by atoms with E-state index in [0.29, 0.717) is 25.4 Å². The number of ether oxygens (including phenoxy) is 2. The summed E-state index contributed by atoms with van der Waals surface area (Å²) in [5.74, 6) is 0.562. The molecule has 0 saturated heterocycles. The molecular formula is C16H23BrO4. The zero-order chi connectivity index (χ0) is 15.7. The van der Waals surface area contributed by atoms with Crippen LogP contribution in [0.25, 0.3) is 0 Å². The zero-order valence-corrected chi connectivity index (χ0v) is 14.2. The lowest BCUT2D eigenvalue weighted by atomic mass is 10.1. The van der Waals surface area contributed by atoms with E-state index < -0.39 is 6.10 Å². The van der Waals surface area contributed by atoms with E-state index in [4.69, 9.17) is 9.47 Å². The highest BCUT2D eigenvalue weighted by Gasteiger charge is 2.09. The molecule has 0 aliphatic carbocycles. The van der Waals surface area contributed by atoms with E-state index in [-0.39, 0.29) is 5.97 Å². The molecule has 0 aliphatic rings. The Bertz CT molecular complexity index is 446. The summed E-state index contributed by atoms with van der Waals surface area (Å²) in [4.78, 5) is 11.2. The van der Waals surface area contributed by atoms with Gasteiger partial charge in [0.1, 0.15) is 5.75 Å². The molecule has 4 nitrogen and oxygen atoms in total. The molecule has 0 unspecified atom stereocenters. The summed E-state index contributed by atoms with van der Waals surface area (Å²) < 4.78 is 11.5. The molecule has 0 aromatic heterocycles. The Labute approximate surface area is 134 Å². The Hall–Kier alpha value is -1.07. The first-order valence-electron chi connectivity index (χ1n) is 7.30. The second-order valence-corrected chi connectivity index (χ2v) is 5.74. The van der Waals surface area contributed by atoms with Crippen molar-refractivity contribution in [3.05, 3.63) is 28.2 Å². The molecule has 5 heteroatoms. The van der Waals surface area contributed by atoms with Crippen LogP contribution in [-0.4, -0.2) is 24.3 Å². The van der Waals surface area contributed by atoms with Crippen LogP contribution in [0.5, 0.6) is 5.75 Å². The normalized spacial score (nSPS) is 12.0. The van der Waals surface area contributed by atoms with E-state index in [1.807, 2.05) is 25.1 Å². The predicted molar refractivity (Wildman–Crippen MR) is 85.4 cm³/mol. The first kappa shape index (κ1) is 18.0. The number of unbranched alkanes of at least 4 members (excludes halogenated alkanes) is 2. The average Bonchev–Trinajstić information content (AvgIpc) is 2.42. The van der Waals surface area contributed by atoms with Crippen molar-refractivity contribution >= 4 is 21.9 Å². The fourth-order valence-electron chi connectivity index (χ4n) is 1.94. The molecule has 1 N–H and O–H groups in total. The van der Waals surface area contributed by atoms with Crippen LogP contribution in [0.2, 0.25) is 0 Å². The Morgan fingerprint density at radius 3 is 2.76 bits per heavy atom. The van der Waals surface area contributed by atoms with Crippen molar-refractivity contribution in [3.8, 4) is 5.75 Å². The Balaban J connectivity index is 2.29. The van der Waals surface area contributed by atoms with Crippen molar-refractivity contribution in [2.24, 2.45) is 0 Å². The second kappa shape index (κ2) is 9.79. The van der Waals surface area contributed by atoms with Crippen LogP contribution in [0.4, 0.5) is 0 Å². The van der Waals surface area contributed by atoms with E-state index in [2.05, 4.69) is 15.9 Å². The lowest BCUT2D eigenvalue weighted by Gasteiger charge is -2.13. The molecule has 0 fully saturated rings. The predicted octanol–water partition coefficient (Wildman–Crippen LogP) is 4.00. The first-order chi connectivity index (χ1) is 10.0. The van der Waals surface area contributed by atoms with Crippen molar-refractivity contribution in [1.82, 2.24) is 0 Å². The van der Waals surface area contributed by atoms with Gasteiger partial charge in [-0.2, -0.15) is 0 Å². The van der Waals surface area contributed by atoms with Crippen LogP contribution in [0, 0.1) is 0 Å². The standard InChI is InChI=1S/C16H23BrO4/c1-3-20-16(19)7-5-4-6-10-21-15-11-13(17)8-9-14(15)12(2)18/h8-9,11-12,18H,3-7,10H2,1-2H3/t12-/m0/s1. The molecule has 1 atom stereocenters. The monoisotopic (exact) mass is 358 g/mol. The number of rotatable bonds is 9. The molecule has 0 saturated carbocycles. The molecule has 0 heterocycles. The number of carbonyl (C=O) groups excluding carboxylic acids is 1. The molecule has 1 aromatic carbocycles. The average molecular weight is 359 g/mol. The number of halogens is 1. The van der Waals surface area contributed by atoms with Gasteiger partial charge in [0.15, 0.2) is 0 Å². The van der Waals surface area contributed by atoms with Crippen LogP contribution in [-0.2, 0) is 9.53 Å². The van der Waals surface area contributed by atoms with Crippen LogP contribution < -0.4 is 4.74 Å². The molecule has 21 heavy (non-hydrogen) atoms. The van der Waals surface area contributed by atoms with Crippen molar-refractivity contribution in [2.75, 3.05) is 13.2 Å². The quantitative estimate of drug-likeness (QED) is 0.535. The van der Waals surface area contributed by atoms with Gasteiger partial charge in [0.05, 0.1) is 19.3 Å². The van der Waals surface area contributed by atoms with E-state index >= 15 is 0 Å². The topological polar surface area (TPSA) is 55.8 Å². The minimum absolute atomic E-state index is 0.137. The van der Waals surface area contributed by atoms with Crippen molar-refractivity contribution in [3.63, 3.8) is 0 Å². The third kappa shape index (κ3) is 6.96. The van der Waals surface area contributed by atoms with E-state index in [1.54, 1.807) is 6.92 Å². The van der Waals surface area contributed by atoms with Gasteiger partial charge >= 0.3 is 5.97 Å². The summed E-state index contributed by atoms with van der Waals surface area (Å²) >= 11 is 3.40. The smallest absolute Gasteiger partial charge is 0.305 e. The summed E-state index contributed by atoms with van der Waals surface area (Å²) in [6.45, 7) is 4.53. The highest BCUT2D eigenvalue weighted by atomic mass is 79.9. The van der Waals surface area contributed by atoms with Gasteiger partial charge in [-0.3, -0.25) is 4.79 Å². The molecular weight excluding hydrogens is 336 g/mol. The summed E-state index contributed by atoms with van der Waals surface area (Å²) in [5, 5.41) is 9.70. The fraction of sp³-hybridized carbons (Fsp3) is 0.562. The maximum atomic E-state index is 11.2. The summed E-state index contributed by atoms with van der Waals surface area (Å²) in [7, 11) is 0. The maximum Gasteiger partial charge on any atom is 0.305 e. The number of hydrogen-bond acceptors (Lipinski definition) is 4. The fourth-order valence-corrected chi connectivity index (χ4v) is 2.28. The molecule has 1 aromatic rings. The van der Waals surface area contributed by atoms with Gasteiger partial charge < -0.3 is 14.6 Å². The molecule has 118 valence electrons. The summed E-state index contributed by atoms with van der Waals surface area (Å²) in [6.07, 6.45) is 2.49. The number of benzene rings is 1. The van der Waals surface area contributed by atoms with E-state index in [0.717, 1.165) is 29.3 Å². The van der Waals surface area contributed by atoms with E-state index in [1.165, 1.54) is 0 Å². The molecule has 0 radical (unpaired) electrons. The number of carbonyl (C=O) groups is 1. The molecule has 1 rings (SSSR count). The lowest BCUT2D eigenvalue weighted by Crippen LogP contribution is -2.05. The van der Waals surface area contributed by atoms with Gasteiger partial charge in [-0.25, -0.2) is 0 Å². The maximum absolute atomic E-state index is 11.2. The zero-order valence-electron chi connectivity index (χ0n) is 12.6. The van der Waals surface area contributed by atoms with Gasteiger partial charge in [0.2, 0.25) is 0 Å². The van der Waals surface area contributed by atoms with Gasteiger partial charge in [0.25, 0.3) is 0 Å². The van der Waals surface area contributed by atoms with E-state index in [9.17, 15) is 9.90 Å². The largest absolute Gasteiger partial charge is 0.493 e. The van der Waals surface area contributed by atoms with Crippen LogP contribution in [0.1, 0.15) is 51.2 Å². The minimum Gasteiger partial charge on any atom is -0.493 e. The highest BCUT2D eigenvalue weighted by molar-refractivity contribution is 9.10. The van der Waals surface area contributed by atoms with Crippen LogP contribution >= 0.6 is 15.9 Å². The number of aliphatic hydroxyl groups excluding tert-OH is 1. The Kier molecular flexibility index (Phi) is 8.38. The molecule has 0 aliphatic heterocycles. The summed E-state index contributed by atoms with van der Waals surface area (Å²) in [5.41, 5.74) is 0.782. The SMILES string of the molecule is CCOC(=O)CCCCCOc1cc(Br)ccc1[C@H](C)O. The van der Waals surface area contributed by atoms with Gasteiger partial charge in [-0.1, -0.05) is 22.0 Å². The lowest BCUT2D eigenvalue weighted by molar-refractivity contribution is -0.143. The molecule has 0 amide bonds. The van der Waals surface area contributed by atoms with Crippen LogP contribution in [0.3, 0.4) is 0 Å². The van der Waals surface area contributed by atoms with Crippen molar-refractivity contribution in [2.45, 2.75) is 45.6 Å². The Morgan fingerprint density at radius 2 is 2.10 bits per heavy atom. The van der Waals surface area contributed by atoms with Crippen molar-refractivity contribution < 1.29 is 19.4 Å². The van der Waals surface area contributed by atoms with Gasteiger partial charge in [0, 0.05) is 16.5 Å². The Morgan fingerprint density at radius 1 is 1.33 bits per heavy atom. The van der Waals surface area contributed by atoms with Crippen molar-refractivity contribution in [1.29, 1.82) is 0 Å². The number of esters is 1. The first-order valence-corrected chi connectivity index (χ1v) is 8.09. The van der Waals surface area contributed by atoms with Gasteiger partial charge in [-0.05, 0) is 45.2 Å². The molecule has 0 bridgehead atoms. The third-order valence-electron chi connectivity index (χ3n) is 3.01.